The van der Waals surface area contributed by atoms with E-state index in [0.717, 1.165) is 48.9 Å². The first-order valence-corrected chi connectivity index (χ1v) is 10.7. The third kappa shape index (κ3) is 5.64. The van der Waals surface area contributed by atoms with Crippen molar-refractivity contribution in [1.29, 1.82) is 0 Å². The van der Waals surface area contributed by atoms with E-state index in [9.17, 15) is 4.79 Å². The van der Waals surface area contributed by atoms with Gasteiger partial charge in [-0.15, -0.1) is 11.8 Å². The standard InChI is InChI=1S/C21H26ClN3OS/c1-3-24-10-12-25(13-11-24)18-6-9-20(16(2)14-18)23-21(26)15-27-19-7-4-17(22)5-8-19/h4-9,14H,3,10-13,15H2,1-2H3,(H,23,26). The van der Waals surface area contributed by atoms with Crippen LogP contribution in [0, 0.1) is 6.92 Å². The van der Waals surface area contributed by atoms with Crippen LogP contribution in [0.15, 0.2) is 47.4 Å². The average Bonchev–Trinajstić information content (AvgIpc) is 2.69. The van der Waals surface area contributed by atoms with Crippen LogP contribution in [0.25, 0.3) is 0 Å². The van der Waals surface area contributed by atoms with Gasteiger partial charge in [-0.2, -0.15) is 0 Å². The molecule has 0 bridgehead atoms. The second-order valence-electron chi connectivity index (χ2n) is 6.71. The number of carbonyl (C=O) groups is 1. The fourth-order valence-electron chi connectivity index (χ4n) is 3.17. The maximum absolute atomic E-state index is 12.3. The van der Waals surface area contributed by atoms with Gasteiger partial charge in [0.1, 0.15) is 0 Å². The predicted molar refractivity (Wildman–Crippen MR) is 116 cm³/mol. The lowest BCUT2D eigenvalue weighted by atomic mass is 10.1. The number of rotatable bonds is 6. The summed E-state index contributed by atoms with van der Waals surface area (Å²) in [5.41, 5.74) is 3.21. The number of likely N-dealkylation sites (N-methyl/N-ethyl adjacent to an activating group) is 1. The van der Waals surface area contributed by atoms with Gasteiger partial charge in [0.2, 0.25) is 5.91 Å². The molecule has 0 saturated carbocycles. The van der Waals surface area contributed by atoms with E-state index in [1.54, 1.807) is 0 Å². The van der Waals surface area contributed by atoms with Crippen molar-refractivity contribution >= 4 is 40.6 Å². The number of halogens is 1. The molecule has 27 heavy (non-hydrogen) atoms. The first-order valence-electron chi connectivity index (χ1n) is 9.31. The first kappa shape index (κ1) is 20.1. The molecular weight excluding hydrogens is 378 g/mol. The molecule has 2 aromatic rings. The maximum atomic E-state index is 12.3. The van der Waals surface area contributed by atoms with Crippen molar-refractivity contribution in [3.05, 3.63) is 53.1 Å². The van der Waals surface area contributed by atoms with Crippen LogP contribution in [0.1, 0.15) is 12.5 Å². The van der Waals surface area contributed by atoms with Crippen molar-refractivity contribution in [2.24, 2.45) is 0 Å². The molecule has 1 aliphatic rings. The molecule has 2 aromatic carbocycles. The predicted octanol–water partition coefficient (Wildman–Crippen LogP) is 4.52. The Morgan fingerprint density at radius 2 is 1.81 bits per heavy atom. The molecule has 1 saturated heterocycles. The molecule has 1 N–H and O–H groups in total. The highest BCUT2D eigenvalue weighted by Crippen LogP contribution is 2.25. The number of nitrogens with one attached hydrogen (secondary N) is 1. The molecule has 3 rings (SSSR count). The summed E-state index contributed by atoms with van der Waals surface area (Å²) >= 11 is 7.40. The molecule has 0 spiro atoms. The zero-order valence-corrected chi connectivity index (χ0v) is 17.4. The molecule has 0 atom stereocenters. The van der Waals surface area contributed by atoms with Gasteiger partial charge in [0, 0.05) is 47.5 Å². The zero-order valence-electron chi connectivity index (χ0n) is 15.9. The van der Waals surface area contributed by atoms with Crippen molar-refractivity contribution in [1.82, 2.24) is 4.90 Å². The SMILES string of the molecule is CCN1CCN(c2ccc(NC(=O)CSc3ccc(Cl)cc3)c(C)c2)CC1. The number of anilines is 2. The molecule has 1 aliphatic heterocycles. The fraction of sp³-hybridized carbons (Fsp3) is 0.381. The molecule has 6 heteroatoms. The van der Waals surface area contributed by atoms with Crippen LogP contribution in [-0.2, 0) is 4.79 Å². The highest BCUT2D eigenvalue weighted by atomic mass is 35.5. The Bertz CT molecular complexity index is 773. The van der Waals surface area contributed by atoms with Crippen molar-refractivity contribution in [2.45, 2.75) is 18.7 Å². The lowest BCUT2D eigenvalue weighted by Crippen LogP contribution is -2.46. The van der Waals surface area contributed by atoms with E-state index in [0.29, 0.717) is 10.8 Å². The first-order chi connectivity index (χ1) is 13.0. The maximum Gasteiger partial charge on any atom is 0.234 e. The summed E-state index contributed by atoms with van der Waals surface area (Å²) < 4.78 is 0. The molecule has 0 aliphatic carbocycles. The quantitative estimate of drug-likeness (QED) is 0.719. The number of amides is 1. The zero-order chi connectivity index (χ0) is 19.2. The largest absolute Gasteiger partial charge is 0.369 e. The molecular formula is C21H26ClN3OS. The van der Waals surface area contributed by atoms with Crippen molar-refractivity contribution < 1.29 is 4.79 Å². The summed E-state index contributed by atoms with van der Waals surface area (Å²) in [4.78, 5) is 18.2. The topological polar surface area (TPSA) is 35.6 Å². The van der Waals surface area contributed by atoms with Crippen molar-refractivity contribution in [3.63, 3.8) is 0 Å². The molecule has 0 radical (unpaired) electrons. The van der Waals surface area contributed by atoms with Crippen molar-refractivity contribution in [3.8, 4) is 0 Å². The van der Waals surface area contributed by atoms with Crippen molar-refractivity contribution in [2.75, 3.05) is 48.7 Å². The fourth-order valence-corrected chi connectivity index (χ4v) is 4.00. The number of benzene rings is 2. The summed E-state index contributed by atoms with van der Waals surface area (Å²) in [6, 6.07) is 13.8. The Hall–Kier alpha value is -1.69. The van der Waals surface area contributed by atoms with E-state index in [-0.39, 0.29) is 5.91 Å². The monoisotopic (exact) mass is 403 g/mol. The summed E-state index contributed by atoms with van der Waals surface area (Å²) in [5.74, 6) is 0.379. The number of thioether (sulfide) groups is 1. The summed E-state index contributed by atoms with van der Waals surface area (Å²) in [6.07, 6.45) is 0. The molecule has 1 fully saturated rings. The van der Waals surface area contributed by atoms with Gasteiger partial charge in [0.25, 0.3) is 0 Å². The van der Waals surface area contributed by atoms with E-state index in [1.165, 1.54) is 17.4 Å². The number of piperazine rings is 1. The summed E-state index contributed by atoms with van der Waals surface area (Å²) in [5, 5.41) is 3.73. The summed E-state index contributed by atoms with van der Waals surface area (Å²) in [7, 11) is 0. The van der Waals surface area contributed by atoms with Crippen LogP contribution < -0.4 is 10.2 Å². The lowest BCUT2D eigenvalue weighted by Gasteiger charge is -2.35. The third-order valence-corrected chi connectivity index (χ3v) is 6.12. The van der Waals surface area contributed by atoms with Gasteiger partial charge in [-0.1, -0.05) is 18.5 Å². The third-order valence-electron chi connectivity index (χ3n) is 4.85. The lowest BCUT2D eigenvalue weighted by molar-refractivity contribution is -0.113. The van der Waals surface area contributed by atoms with Crippen LogP contribution in [0.4, 0.5) is 11.4 Å². The smallest absolute Gasteiger partial charge is 0.234 e. The van der Waals surface area contributed by atoms with Gasteiger partial charge in [0.05, 0.1) is 5.75 Å². The van der Waals surface area contributed by atoms with Gasteiger partial charge in [-0.05, 0) is 61.5 Å². The summed E-state index contributed by atoms with van der Waals surface area (Å²) in [6.45, 7) is 9.70. The number of hydrogen-bond acceptors (Lipinski definition) is 4. The molecule has 1 heterocycles. The van der Waals surface area contributed by atoms with Gasteiger partial charge >= 0.3 is 0 Å². The van der Waals surface area contributed by atoms with Crippen LogP contribution in [0.3, 0.4) is 0 Å². The molecule has 1 amide bonds. The minimum atomic E-state index is 0.00219. The molecule has 0 unspecified atom stereocenters. The Morgan fingerprint density at radius 1 is 1.11 bits per heavy atom. The minimum Gasteiger partial charge on any atom is -0.369 e. The number of nitrogens with zero attached hydrogens (tertiary/aromatic N) is 2. The van der Waals surface area contributed by atoms with Crippen LogP contribution >= 0.6 is 23.4 Å². The number of hydrogen-bond donors (Lipinski definition) is 1. The van der Waals surface area contributed by atoms with E-state index in [1.807, 2.05) is 37.3 Å². The van der Waals surface area contributed by atoms with Gasteiger partial charge in [0.15, 0.2) is 0 Å². The highest BCUT2D eigenvalue weighted by Gasteiger charge is 2.16. The van der Waals surface area contributed by atoms with E-state index in [2.05, 4.69) is 34.2 Å². The van der Waals surface area contributed by atoms with Crippen LogP contribution in [0.5, 0.6) is 0 Å². The Balaban J connectivity index is 1.54. The number of aryl methyl sites for hydroxylation is 1. The van der Waals surface area contributed by atoms with Crippen LogP contribution in [0.2, 0.25) is 5.02 Å². The Kier molecular flexibility index (Phi) is 7.05. The van der Waals surface area contributed by atoms with Gasteiger partial charge in [-0.3, -0.25) is 4.79 Å². The van der Waals surface area contributed by atoms with E-state index in [4.69, 9.17) is 11.6 Å². The van der Waals surface area contributed by atoms with E-state index < -0.39 is 0 Å². The highest BCUT2D eigenvalue weighted by molar-refractivity contribution is 8.00. The molecule has 0 aromatic heterocycles. The van der Waals surface area contributed by atoms with Gasteiger partial charge in [-0.25, -0.2) is 0 Å². The number of carbonyl (C=O) groups excluding carboxylic acids is 1. The van der Waals surface area contributed by atoms with Crippen LogP contribution in [-0.4, -0.2) is 49.3 Å². The minimum absolute atomic E-state index is 0.00219. The Labute approximate surface area is 170 Å². The normalized spacial score (nSPS) is 15.0. The van der Waals surface area contributed by atoms with E-state index >= 15 is 0 Å². The second-order valence-corrected chi connectivity index (χ2v) is 8.20. The molecule has 4 nitrogen and oxygen atoms in total. The van der Waals surface area contributed by atoms with Gasteiger partial charge < -0.3 is 15.1 Å². The second kappa shape index (κ2) is 9.49. The Morgan fingerprint density at radius 3 is 2.44 bits per heavy atom. The molecule has 144 valence electrons. The average molecular weight is 404 g/mol.